The summed E-state index contributed by atoms with van der Waals surface area (Å²) >= 11 is 0. The highest BCUT2D eigenvalue weighted by Gasteiger charge is 2.45. The van der Waals surface area contributed by atoms with Crippen molar-refractivity contribution in [2.24, 2.45) is 5.41 Å². The minimum Gasteiger partial charge on any atom is -0.340 e. The molecule has 1 aromatic heterocycles. The molecule has 1 saturated heterocycles. The summed E-state index contributed by atoms with van der Waals surface area (Å²) in [6.45, 7) is 6.17. The maximum absolute atomic E-state index is 4.09. The molecule has 0 unspecified atom stereocenters. The molecular formula is C25H28N2. The van der Waals surface area contributed by atoms with Gasteiger partial charge in [-0.1, -0.05) is 54.6 Å². The maximum Gasteiger partial charge on any atom is 0.0489 e. The van der Waals surface area contributed by atoms with Crippen molar-refractivity contribution < 1.29 is 0 Å². The summed E-state index contributed by atoms with van der Waals surface area (Å²) in [5.41, 5.74) is 6.21. The highest BCUT2D eigenvalue weighted by molar-refractivity contribution is 5.86. The van der Waals surface area contributed by atoms with Crippen LogP contribution in [0.5, 0.6) is 0 Å². The number of piperidine rings is 1. The minimum atomic E-state index is 0.342. The van der Waals surface area contributed by atoms with E-state index in [1.54, 1.807) is 11.3 Å². The average Bonchev–Trinajstić information content (AvgIpc) is 3.03. The molecule has 2 atom stereocenters. The van der Waals surface area contributed by atoms with Gasteiger partial charge in [0.1, 0.15) is 0 Å². The van der Waals surface area contributed by atoms with Gasteiger partial charge in [0, 0.05) is 29.2 Å². The van der Waals surface area contributed by atoms with Crippen LogP contribution in [0.1, 0.15) is 48.5 Å². The van der Waals surface area contributed by atoms with E-state index in [1.807, 2.05) is 0 Å². The van der Waals surface area contributed by atoms with E-state index in [0.29, 0.717) is 11.5 Å². The summed E-state index contributed by atoms with van der Waals surface area (Å²) < 4.78 is 2.58. The summed E-state index contributed by atoms with van der Waals surface area (Å²) in [5.74, 6) is 0. The van der Waals surface area contributed by atoms with Crippen LogP contribution in [0.2, 0.25) is 0 Å². The number of benzene rings is 2. The highest BCUT2D eigenvalue weighted by Crippen LogP contribution is 2.53. The Morgan fingerprint density at radius 3 is 2.74 bits per heavy atom. The van der Waals surface area contributed by atoms with Crippen LogP contribution >= 0.6 is 0 Å². The molecule has 0 amide bonds. The minimum absolute atomic E-state index is 0.342. The van der Waals surface area contributed by atoms with Crippen molar-refractivity contribution in [3.05, 3.63) is 84.1 Å². The molecule has 1 aliphatic carbocycles. The van der Waals surface area contributed by atoms with Gasteiger partial charge in [0.25, 0.3) is 0 Å². The standard InChI is InChI=1S/C25H28N2/c1-2-14-25-15-8-17-26-24(25)23-20-11-6-7-12-21(20)27(22(23)13-16-25)18-19-9-4-3-5-10-19/h2-7,9-12,24,26H,1,8,13-18H2/t24-,25+/m1/s1. The van der Waals surface area contributed by atoms with Crippen LogP contribution in [0.3, 0.4) is 0 Å². The van der Waals surface area contributed by atoms with E-state index in [0.717, 1.165) is 19.5 Å². The number of para-hydroxylation sites is 1. The van der Waals surface area contributed by atoms with Crippen molar-refractivity contribution in [1.29, 1.82) is 0 Å². The Labute approximate surface area is 161 Å². The van der Waals surface area contributed by atoms with Crippen LogP contribution in [0.15, 0.2) is 67.3 Å². The summed E-state index contributed by atoms with van der Waals surface area (Å²) in [4.78, 5) is 0. The van der Waals surface area contributed by atoms with Gasteiger partial charge in [-0.15, -0.1) is 6.58 Å². The molecule has 5 rings (SSSR count). The van der Waals surface area contributed by atoms with Crippen LogP contribution in [-0.2, 0) is 13.0 Å². The first kappa shape index (κ1) is 16.8. The van der Waals surface area contributed by atoms with Crippen molar-refractivity contribution in [2.75, 3.05) is 6.54 Å². The molecule has 0 radical (unpaired) electrons. The van der Waals surface area contributed by atoms with Gasteiger partial charge in [-0.2, -0.15) is 0 Å². The molecular weight excluding hydrogens is 328 g/mol. The lowest BCUT2D eigenvalue weighted by atomic mass is 9.63. The topological polar surface area (TPSA) is 17.0 Å². The predicted molar refractivity (Wildman–Crippen MR) is 113 cm³/mol. The first-order valence-corrected chi connectivity index (χ1v) is 10.3. The zero-order valence-electron chi connectivity index (χ0n) is 16.0. The summed E-state index contributed by atoms with van der Waals surface area (Å²) in [5, 5.41) is 5.35. The third-order valence-corrected chi connectivity index (χ3v) is 6.82. The molecule has 2 aliphatic rings. The maximum atomic E-state index is 4.09. The summed E-state index contributed by atoms with van der Waals surface area (Å²) in [7, 11) is 0. The van der Waals surface area contributed by atoms with E-state index in [1.165, 1.54) is 42.1 Å². The number of fused-ring (bicyclic) bond motifs is 5. The number of hydrogen-bond donors (Lipinski definition) is 1. The van der Waals surface area contributed by atoms with E-state index in [2.05, 4.69) is 77.1 Å². The number of allylic oxidation sites excluding steroid dienone is 1. The van der Waals surface area contributed by atoms with E-state index in [9.17, 15) is 0 Å². The Balaban J connectivity index is 1.69. The Morgan fingerprint density at radius 1 is 1.07 bits per heavy atom. The highest BCUT2D eigenvalue weighted by atomic mass is 15.0. The normalized spacial score (nSPS) is 24.4. The van der Waals surface area contributed by atoms with Gasteiger partial charge in [-0.25, -0.2) is 0 Å². The van der Waals surface area contributed by atoms with Crippen molar-refractivity contribution >= 4 is 10.9 Å². The lowest BCUT2D eigenvalue weighted by molar-refractivity contribution is 0.112. The van der Waals surface area contributed by atoms with Crippen molar-refractivity contribution in [1.82, 2.24) is 9.88 Å². The lowest BCUT2D eigenvalue weighted by Gasteiger charge is -2.48. The van der Waals surface area contributed by atoms with Crippen LogP contribution in [0.25, 0.3) is 10.9 Å². The number of nitrogens with one attached hydrogen (secondary N) is 1. The quantitative estimate of drug-likeness (QED) is 0.600. The smallest absolute Gasteiger partial charge is 0.0489 e. The molecule has 1 N–H and O–H groups in total. The van der Waals surface area contributed by atoms with E-state index < -0.39 is 0 Å². The van der Waals surface area contributed by atoms with Gasteiger partial charge in [-0.3, -0.25) is 0 Å². The third kappa shape index (κ3) is 2.66. The first-order chi connectivity index (χ1) is 13.3. The fourth-order valence-corrected chi connectivity index (χ4v) is 5.62. The van der Waals surface area contributed by atoms with Gasteiger partial charge in [0.2, 0.25) is 0 Å². The zero-order chi connectivity index (χ0) is 18.3. The molecule has 2 heterocycles. The van der Waals surface area contributed by atoms with Gasteiger partial charge >= 0.3 is 0 Å². The van der Waals surface area contributed by atoms with Crippen molar-refractivity contribution in [3.8, 4) is 0 Å². The molecule has 0 spiro atoms. The van der Waals surface area contributed by atoms with E-state index >= 15 is 0 Å². The first-order valence-electron chi connectivity index (χ1n) is 10.3. The molecule has 2 heteroatoms. The van der Waals surface area contributed by atoms with Gasteiger partial charge in [-0.05, 0) is 61.3 Å². The van der Waals surface area contributed by atoms with Crippen molar-refractivity contribution in [2.45, 2.75) is 44.7 Å². The second-order valence-corrected chi connectivity index (χ2v) is 8.30. The van der Waals surface area contributed by atoms with E-state index in [-0.39, 0.29) is 0 Å². The van der Waals surface area contributed by atoms with Crippen LogP contribution in [0, 0.1) is 5.41 Å². The molecule has 0 saturated carbocycles. The van der Waals surface area contributed by atoms with Gasteiger partial charge < -0.3 is 9.88 Å². The van der Waals surface area contributed by atoms with E-state index in [4.69, 9.17) is 0 Å². The molecule has 0 bridgehead atoms. The van der Waals surface area contributed by atoms with Gasteiger partial charge in [0.05, 0.1) is 0 Å². The fourth-order valence-electron chi connectivity index (χ4n) is 5.62. The van der Waals surface area contributed by atoms with Crippen LogP contribution in [-0.4, -0.2) is 11.1 Å². The largest absolute Gasteiger partial charge is 0.340 e. The Morgan fingerprint density at radius 2 is 1.89 bits per heavy atom. The second-order valence-electron chi connectivity index (χ2n) is 8.30. The summed E-state index contributed by atoms with van der Waals surface area (Å²) in [6.07, 6.45) is 8.28. The van der Waals surface area contributed by atoms with Gasteiger partial charge in [0.15, 0.2) is 0 Å². The molecule has 2 aromatic carbocycles. The number of hydrogen-bond acceptors (Lipinski definition) is 1. The molecule has 1 fully saturated rings. The number of aromatic nitrogens is 1. The molecule has 138 valence electrons. The molecule has 3 aromatic rings. The third-order valence-electron chi connectivity index (χ3n) is 6.82. The lowest BCUT2D eigenvalue weighted by Crippen LogP contribution is -2.46. The van der Waals surface area contributed by atoms with Crippen LogP contribution < -0.4 is 5.32 Å². The fraction of sp³-hybridized carbons (Fsp3) is 0.360. The molecule has 27 heavy (non-hydrogen) atoms. The van der Waals surface area contributed by atoms with Crippen LogP contribution in [0.4, 0.5) is 0 Å². The second kappa shape index (κ2) is 6.69. The number of rotatable bonds is 4. The Bertz CT molecular complexity index is 969. The SMILES string of the molecule is C=CC[C@@]12CCCN[C@@H]1c1c(n(Cc3ccccc3)c3ccccc13)CC2. The molecule has 2 nitrogen and oxygen atoms in total. The summed E-state index contributed by atoms with van der Waals surface area (Å²) in [6, 6.07) is 20.3. The Kier molecular flexibility index (Phi) is 4.17. The average molecular weight is 357 g/mol. The predicted octanol–water partition coefficient (Wildman–Crippen LogP) is 5.62. The molecule has 1 aliphatic heterocycles. The zero-order valence-corrected chi connectivity index (χ0v) is 16.0. The monoisotopic (exact) mass is 356 g/mol. The number of nitrogens with zero attached hydrogens (tertiary/aromatic N) is 1. The van der Waals surface area contributed by atoms with Crippen molar-refractivity contribution in [3.63, 3.8) is 0 Å². The Hall–Kier alpha value is -2.32.